The van der Waals surface area contributed by atoms with Gasteiger partial charge in [0.2, 0.25) is 0 Å². The van der Waals surface area contributed by atoms with E-state index in [1.165, 1.54) is 12.7 Å². The number of carbonyl (C=O) groups is 1. The highest BCUT2D eigenvalue weighted by atomic mass is 16.5. The number of rotatable bonds is 3. The summed E-state index contributed by atoms with van der Waals surface area (Å²) in [6, 6.07) is 7.78. The number of methoxy groups -OCH3 is 1. The summed E-state index contributed by atoms with van der Waals surface area (Å²) in [7, 11) is 1.35. The van der Waals surface area contributed by atoms with Gasteiger partial charge in [0.05, 0.1) is 7.11 Å². The van der Waals surface area contributed by atoms with Crippen LogP contribution in [0.4, 0.5) is 10.5 Å². The van der Waals surface area contributed by atoms with Gasteiger partial charge in [0, 0.05) is 5.69 Å². The van der Waals surface area contributed by atoms with E-state index in [0.717, 1.165) is 18.5 Å². The van der Waals surface area contributed by atoms with Gasteiger partial charge in [-0.05, 0) is 24.1 Å². The van der Waals surface area contributed by atoms with Gasteiger partial charge in [-0.15, -0.1) is 0 Å². The van der Waals surface area contributed by atoms with E-state index < -0.39 is 6.09 Å². The van der Waals surface area contributed by atoms with E-state index in [-0.39, 0.29) is 0 Å². The number of ether oxygens (including phenoxy) is 1. The minimum absolute atomic E-state index is 0.432. The molecule has 1 amide bonds. The average Bonchev–Trinajstić information content (AvgIpc) is 2.19. The molecular formula is C11H15NO2. The number of amides is 1. The summed E-state index contributed by atoms with van der Waals surface area (Å²) in [5.74, 6) is 0. The van der Waals surface area contributed by atoms with Crippen LogP contribution in [0.5, 0.6) is 0 Å². The van der Waals surface area contributed by atoms with Gasteiger partial charge >= 0.3 is 6.09 Å². The Labute approximate surface area is 84.1 Å². The van der Waals surface area contributed by atoms with Crippen LogP contribution in [0.1, 0.15) is 18.9 Å². The van der Waals surface area contributed by atoms with Gasteiger partial charge in [0.1, 0.15) is 0 Å². The molecule has 0 aliphatic heterocycles. The third kappa shape index (κ3) is 3.09. The van der Waals surface area contributed by atoms with Crippen LogP contribution in [0.25, 0.3) is 0 Å². The number of anilines is 1. The fourth-order valence-electron chi connectivity index (χ4n) is 1.26. The zero-order valence-corrected chi connectivity index (χ0v) is 8.54. The summed E-state index contributed by atoms with van der Waals surface area (Å²) in [4.78, 5) is 10.9. The Hall–Kier alpha value is -1.51. The van der Waals surface area contributed by atoms with E-state index in [2.05, 4.69) is 17.0 Å². The van der Waals surface area contributed by atoms with Crippen molar-refractivity contribution >= 4 is 11.8 Å². The molecule has 14 heavy (non-hydrogen) atoms. The highest BCUT2D eigenvalue weighted by Crippen LogP contribution is 2.12. The van der Waals surface area contributed by atoms with Crippen LogP contribution in [0.3, 0.4) is 0 Å². The number of carbonyl (C=O) groups excluding carboxylic acids is 1. The molecule has 0 unspecified atom stereocenters. The van der Waals surface area contributed by atoms with Crippen LogP contribution in [-0.2, 0) is 11.2 Å². The van der Waals surface area contributed by atoms with Crippen LogP contribution in [-0.4, -0.2) is 13.2 Å². The van der Waals surface area contributed by atoms with Gasteiger partial charge in [0.15, 0.2) is 0 Å². The molecule has 3 heteroatoms. The average molecular weight is 193 g/mol. The van der Waals surface area contributed by atoms with Crippen LogP contribution in [0.15, 0.2) is 24.3 Å². The highest BCUT2D eigenvalue weighted by molar-refractivity contribution is 5.84. The van der Waals surface area contributed by atoms with Gasteiger partial charge in [-0.2, -0.15) is 0 Å². The lowest BCUT2D eigenvalue weighted by molar-refractivity contribution is 0.187. The smallest absolute Gasteiger partial charge is 0.411 e. The molecule has 1 aromatic rings. The Morgan fingerprint density at radius 1 is 1.50 bits per heavy atom. The summed E-state index contributed by atoms with van der Waals surface area (Å²) in [5.41, 5.74) is 2.00. The third-order valence-electron chi connectivity index (χ3n) is 1.90. The van der Waals surface area contributed by atoms with Crippen molar-refractivity contribution in [3.05, 3.63) is 29.8 Å². The predicted octanol–water partition coefficient (Wildman–Crippen LogP) is 2.82. The lowest BCUT2D eigenvalue weighted by atomic mass is 10.1. The van der Waals surface area contributed by atoms with Gasteiger partial charge in [-0.25, -0.2) is 4.79 Å². The van der Waals surface area contributed by atoms with E-state index >= 15 is 0 Å². The summed E-state index contributed by atoms with van der Waals surface area (Å²) >= 11 is 0. The van der Waals surface area contributed by atoms with Gasteiger partial charge in [0.25, 0.3) is 0 Å². The first-order chi connectivity index (χ1) is 6.76. The maximum absolute atomic E-state index is 10.9. The van der Waals surface area contributed by atoms with Crippen molar-refractivity contribution in [1.82, 2.24) is 0 Å². The lowest BCUT2D eigenvalue weighted by Crippen LogP contribution is -2.10. The maximum atomic E-state index is 10.9. The summed E-state index contributed by atoms with van der Waals surface area (Å²) in [5, 5.41) is 2.63. The molecule has 1 rings (SSSR count). The topological polar surface area (TPSA) is 38.3 Å². The van der Waals surface area contributed by atoms with E-state index in [0.29, 0.717) is 0 Å². The van der Waals surface area contributed by atoms with Crippen molar-refractivity contribution in [2.24, 2.45) is 0 Å². The normalized spacial score (nSPS) is 9.57. The number of hydrogen-bond donors (Lipinski definition) is 1. The molecule has 0 aliphatic carbocycles. The number of nitrogens with one attached hydrogen (secondary N) is 1. The predicted molar refractivity (Wildman–Crippen MR) is 56.5 cm³/mol. The SMILES string of the molecule is CCCc1cccc(NC(=O)OC)c1. The molecule has 0 saturated heterocycles. The quantitative estimate of drug-likeness (QED) is 0.801. The molecular weight excluding hydrogens is 178 g/mol. The zero-order valence-electron chi connectivity index (χ0n) is 8.54. The summed E-state index contributed by atoms with van der Waals surface area (Å²) < 4.78 is 4.50. The van der Waals surface area contributed by atoms with Crippen LogP contribution in [0.2, 0.25) is 0 Å². The molecule has 0 radical (unpaired) electrons. The van der Waals surface area contributed by atoms with Crippen LogP contribution in [0, 0.1) is 0 Å². The van der Waals surface area contributed by atoms with Crippen molar-refractivity contribution in [3.63, 3.8) is 0 Å². The number of aryl methyl sites for hydroxylation is 1. The van der Waals surface area contributed by atoms with Gasteiger partial charge in [-0.3, -0.25) is 5.32 Å². The molecule has 76 valence electrons. The first-order valence-electron chi connectivity index (χ1n) is 4.70. The second-order valence-electron chi connectivity index (χ2n) is 3.07. The fraction of sp³-hybridized carbons (Fsp3) is 0.364. The molecule has 3 nitrogen and oxygen atoms in total. The van der Waals surface area contributed by atoms with E-state index in [1.807, 2.05) is 24.3 Å². The molecule has 0 heterocycles. The van der Waals surface area contributed by atoms with E-state index in [1.54, 1.807) is 0 Å². The zero-order chi connectivity index (χ0) is 10.4. The molecule has 0 bridgehead atoms. The van der Waals surface area contributed by atoms with Crippen molar-refractivity contribution in [2.75, 3.05) is 12.4 Å². The molecule has 1 N–H and O–H groups in total. The summed E-state index contributed by atoms with van der Waals surface area (Å²) in [6.45, 7) is 2.13. The first-order valence-corrected chi connectivity index (χ1v) is 4.70. The maximum Gasteiger partial charge on any atom is 0.411 e. The van der Waals surface area contributed by atoms with E-state index in [4.69, 9.17) is 0 Å². The minimum Gasteiger partial charge on any atom is -0.453 e. The Morgan fingerprint density at radius 3 is 2.93 bits per heavy atom. The standard InChI is InChI=1S/C11H15NO2/c1-3-5-9-6-4-7-10(8-9)12-11(13)14-2/h4,6-8H,3,5H2,1-2H3,(H,12,13). The Morgan fingerprint density at radius 2 is 2.29 bits per heavy atom. The second kappa shape index (κ2) is 5.27. The van der Waals surface area contributed by atoms with Crippen LogP contribution >= 0.6 is 0 Å². The molecule has 0 spiro atoms. The fourth-order valence-corrected chi connectivity index (χ4v) is 1.26. The molecule has 0 aromatic heterocycles. The number of benzene rings is 1. The molecule has 0 atom stereocenters. The molecule has 0 fully saturated rings. The van der Waals surface area contributed by atoms with Crippen molar-refractivity contribution in [1.29, 1.82) is 0 Å². The van der Waals surface area contributed by atoms with Crippen molar-refractivity contribution < 1.29 is 9.53 Å². The molecule has 0 aliphatic rings. The highest BCUT2D eigenvalue weighted by Gasteiger charge is 2.00. The first kappa shape index (κ1) is 10.6. The third-order valence-corrected chi connectivity index (χ3v) is 1.90. The van der Waals surface area contributed by atoms with Crippen LogP contribution < -0.4 is 5.32 Å². The molecule has 0 saturated carbocycles. The van der Waals surface area contributed by atoms with Crippen molar-refractivity contribution in [2.45, 2.75) is 19.8 Å². The molecule has 1 aromatic carbocycles. The Kier molecular flexibility index (Phi) is 3.98. The largest absolute Gasteiger partial charge is 0.453 e. The lowest BCUT2D eigenvalue weighted by Gasteiger charge is -2.05. The van der Waals surface area contributed by atoms with Gasteiger partial charge < -0.3 is 4.74 Å². The van der Waals surface area contributed by atoms with E-state index in [9.17, 15) is 4.79 Å². The Bertz CT molecular complexity index is 310. The Balaban J connectivity index is 2.68. The number of hydrogen-bond acceptors (Lipinski definition) is 2. The van der Waals surface area contributed by atoms with Gasteiger partial charge in [-0.1, -0.05) is 25.5 Å². The second-order valence-corrected chi connectivity index (χ2v) is 3.07. The minimum atomic E-state index is -0.432. The van der Waals surface area contributed by atoms with Crippen molar-refractivity contribution in [3.8, 4) is 0 Å². The monoisotopic (exact) mass is 193 g/mol. The summed E-state index contributed by atoms with van der Waals surface area (Å²) in [6.07, 6.45) is 1.69.